The van der Waals surface area contributed by atoms with Gasteiger partial charge in [0.05, 0.1) is 17.7 Å². The van der Waals surface area contributed by atoms with E-state index in [0.717, 1.165) is 16.8 Å². The van der Waals surface area contributed by atoms with Gasteiger partial charge < -0.3 is 14.0 Å². The SMILES string of the molecule is CC1(C)OB(c2ccc3c(c2)C=NCCO3)OC1(C)C. The molecule has 1 aromatic rings. The van der Waals surface area contributed by atoms with Gasteiger partial charge in [0.1, 0.15) is 12.4 Å². The molecule has 2 aliphatic rings. The van der Waals surface area contributed by atoms with Crippen LogP contribution in [0.5, 0.6) is 5.75 Å². The average molecular weight is 273 g/mol. The number of hydrogen-bond acceptors (Lipinski definition) is 4. The Bertz CT molecular complexity index is 538. The van der Waals surface area contributed by atoms with Crippen molar-refractivity contribution in [2.75, 3.05) is 13.2 Å². The summed E-state index contributed by atoms with van der Waals surface area (Å²) in [6, 6.07) is 6.00. The fourth-order valence-corrected chi connectivity index (χ4v) is 2.30. The van der Waals surface area contributed by atoms with Crippen molar-refractivity contribution in [1.82, 2.24) is 0 Å². The first kappa shape index (κ1) is 13.6. The quantitative estimate of drug-likeness (QED) is 0.732. The molecule has 5 heteroatoms. The van der Waals surface area contributed by atoms with Gasteiger partial charge in [0, 0.05) is 11.8 Å². The fourth-order valence-electron chi connectivity index (χ4n) is 2.30. The van der Waals surface area contributed by atoms with E-state index in [9.17, 15) is 0 Å². The molecule has 0 radical (unpaired) electrons. The van der Waals surface area contributed by atoms with Crippen LogP contribution in [0.1, 0.15) is 33.3 Å². The van der Waals surface area contributed by atoms with Gasteiger partial charge in [-0.15, -0.1) is 0 Å². The standard InChI is InChI=1S/C15H20BNO3/c1-14(2)15(3,4)20-16(19-14)12-5-6-13-11(9-12)10-17-7-8-18-13/h5-6,9-10H,7-8H2,1-4H3. The Hall–Kier alpha value is -1.33. The molecule has 0 amide bonds. The molecule has 0 N–H and O–H groups in total. The third kappa shape index (κ3) is 2.25. The lowest BCUT2D eigenvalue weighted by Crippen LogP contribution is -2.41. The van der Waals surface area contributed by atoms with Crippen LogP contribution in [0.4, 0.5) is 0 Å². The largest absolute Gasteiger partial charge is 0.494 e. The zero-order valence-electron chi connectivity index (χ0n) is 12.5. The first-order valence-electron chi connectivity index (χ1n) is 7.01. The molecule has 0 aliphatic carbocycles. The first-order chi connectivity index (χ1) is 9.39. The Kier molecular flexibility index (Phi) is 3.14. The summed E-state index contributed by atoms with van der Waals surface area (Å²) in [6.07, 6.45) is 1.86. The number of fused-ring (bicyclic) bond motifs is 1. The summed E-state index contributed by atoms with van der Waals surface area (Å²) >= 11 is 0. The van der Waals surface area contributed by atoms with Crippen molar-refractivity contribution >= 4 is 18.8 Å². The minimum atomic E-state index is -0.345. The van der Waals surface area contributed by atoms with E-state index in [1.807, 2.05) is 24.4 Å². The van der Waals surface area contributed by atoms with Crippen LogP contribution in [0.25, 0.3) is 0 Å². The number of aliphatic imine (C=N–C) groups is 1. The van der Waals surface area contributed by atoms with Gasteiger partial charge in [0.25, 0.3) is 0 Å². The van der Waals surface area contributed by atoms with Crippen molar-refractivity contribution in [2.24, 2.45) is 4.99 Å². The van der Waals surface area contributed by atoms with Crippen LogP contribution in [0.2, 0.25) is 0 Å². The Morgan fingerprint density at radius 1 is 1.10 bits per heavy atom. The van der Waals surface area contributed by atoms with Gasteiger partial charge in [-0.3, -0.25) is 4.99 Å². The van der Waals surface area contributed by atoms with Gasteiger partial charge in [0.2, 0.25) is 0 Å². The van der Waals surface area contributed by atoms with E-state index >= 15 is 0 Å². The molecular formula is C15H20BNO3. The van der Waals surface area contributed by atoms with Gasteiger partial charge in [-0.1, -0.05) is 6.07 Å². The molecule has 3 rings (SSSR count). The summed E-state index contributed by atoms with van der Waals surface area (Å²) < 4.78 is 17.8. The number of rotatable bonds is 1. The van der Waals surface area contributed by atoms with Gasteiger partial charge in [-0.2, -0.15) is 0 Å². The highest BCUT2D eigenvalue weighted by molar-refractivity contribution is 6.62. The Labute approximate surface area is 120 Å². The van der Waals surface area contributed by atoms with E-state index in [4.69, 9.17) is 14.0 Å². The third-order valence-corrected chi connectivity index (χ3v) is 4.27. The molecule has 2 aliphatic heterocycles. The topological polar surface area (TPSA) is 40.0 Å². The number of benzene rings is 1. The molecule has 106 valence electrons. The van der Waals surface area contributed by atoms with E-state index < -0.39 is 0 Å². The monoisotopic (exact) mass is 273 g/mol. The van der Waals surface area contributed by atoms with Gasteiger partial charge in [-0.25, -0.2) is 0 Å². The summed E-state index contributed by atoms with van der Waals surface area (Å²) in [6.45, 7) is 9.55. The second kappa shape index (κ2) is 4.60. The zero-order chi connectivity index (χ0) is 14.4. The van der Waals surface area contributed by atoms with Crippen molar-refractivity contribution in [3.63, 3.8) is 0 Å². The summed E-state index contributed by atoms with van der Waals surface area (Å²) in [5.74, 6) is 0.867. The highest BCUT2D eigenvalue weighted by Crippen LogP contribution is 2.36. The van der Waals surface area contributed by atoms with E-state index in [1.165, 1.54) is 0 Å². The van der Waals surface area contributed by atoms with Crippen molar-refractivity contribution in [3.05, 3.63) is 23.8 Å². The van der Waals surface area contributed by atoms with Crippen LogP contribution < -0.4 is 10.2 Å². The van der Waals surface area contributed by atoms with Crippen molar-refractivity contribution in [3.8, 4) is 5.75 Å². The lowest BCUT2D eigenvalue weighted by molar-refractivity contribution is 0.00578. The minimum absolute atomic E-state index is 0.324. The van der Waals surface area contributed by atoms with Crippen molar-refractivity contribution in [1.29, 1.82) is 0 Å². The molecule has 0 unspecified atom stereocenters. The summed E-state index contributed by atoms with van der Waals surface area (Å²) in [7, 11) is -0.345. The summed E-state index contributed by atoms with van der Waals surface area (Å²) in [5.41, 5.74) is 1.33. The molecule has 1 fully saturated rings. The maximum Gasteiger partial charge on any atom is 0.494 e. The third-order valence-electron chi connectivity index (χ3n) is 4.27. The Balaban J connectivity index is 1.91. The van der Waals surface area contributed by atoms with Crippen LogP contribution >= 0.6 is 0 Å². The average Bonchev–Trinajstić information content (AvgIpc) is 2.56. The summed E-state index contributed by atoms with van der Waals surface area (Å²) in [5, 5.41) is 0. The van der Waals surface area contributed by atoms with Crippen LogP contribution in [0.15, 0.2) is 23.2 Å². The fraction of sp³-hybridized carbons (Fsp3) is 0.533. The lowest BCUT2D eigenvalue weighted by atomic mass is 9.78. The zero-order valence-corrected chi connectivity index (χ0v) is 12.5. The molecule has 1 aromatic carbocycles. The lowest BCUT2D eigenvalue weighted by Gasteiger charge is -2.32. The van der Waals surface area contributed by atoms with E-state index in [0.29, 0.717) is 13.2 Å². The van der Waals surface area contributed by atoms with E-state index in [2.05, 4.69) is 32.7 Å². The molecule has 0 atom stereocenters. The second-order valence-electron chi connectivity index (χ2n) is 6.27. The van der Waals surface area contributed by atoms with Gasteiger partial charge in [-0.05, 0) is 45.3 Å². The maximum absolute atomic E-state index is 6.06. The minimum Gasteiger partial charge on any atom is -0.491 e. The second-order valence-corrected chi connectivity index (χ2v) is 6.27. The van der Waals surface area contributed by atoms with Crippen molar-refractivity contribution in [2.45, 2.75) is 38.9 Å². The van der Waals surface area contributed by atoms with Crippen LogP contribution in [-0.4, -0.2) is 37.7 Å². The van der Waals surface area contributed by atoms with Crippen LogP contribution in [0, 0.1) is 0 Å². The van der Waals surface area contributed by atoms with Gasteiger partial charge in [0.15, 0.2) is 0 Å². The van der Waals surface area contributed by atoms with Gasteiger partial charge >= 0.3 is 7.12 Å². The first-order valence-corrected chi connectivity index (χ1v) is 7.01. The molecule has 1 saturated heterocycles. The molecule has 4 nitrogen and oxygen atoms in total. The predicted octanol–water partition coefficient (Wildman–Crippen LogP) is 1.80. The number of hydrogen-bond donors (Lipinski definition) is 0. The molecule has 0 spiro atoms. The molecule has 20 heavy (non-hydrogen) atoms. The Morgan fingerprint density at radius 3 is 2.50 bits per heavy atom. The smallest absolute Gasteiger partial charge is 0.491 e. The number of nitrogens with zero attached hydrogens (tertiary/aromatic N) is 1. The van der Waals surface area contributed by atoms with E-state index in [1.54, 1.807) is 0 Å². The maximum atomic E-state index is 6.06. The molecule has 2 heterocycles. The predicted molar refractivity (Wildman–Crippen MR) is 80.1 cm³/mol. The highest BCUT2D eigenvalue weighted by Gasteiger charge is 2.51. The van der Waals surface area contributed by atoms with E-state index in [-0.39, 0.29) is 18.3 Å². The van der Waals surface area contributed by atoms with Crippen molar-refractivity contribution < 1.29 is 14.0 Å². The normalized spacial score (nSPS) is 23.1. The summed E-state index contributed by atoms with van der Waals surface area (Å²) in [4.78, 5) is 4.31. The van der Waals surface area contributed by atoms with Crippen LogP contribution in [-0.2, 0) is 9.31 Å². The Morgan fingerprint density at radius 2 is 1.80 bits per heavy atom. The molecule has 0 aromatic heterocycles. The number of ether oxygens (including phenoxy) is 1. The molecule has 0 bridgehead atoms. The van der Waals surface area contributed by atoms with Crippen LogP contribution in [0.3, 0.4) is 0 Å². The molecule has 0 saturated carbocycles. The highest BCUT2D eigenvalue weighted by atomic mass is 16.7. The molecular weight excluding hydrogens is 253 g/mol.